The molecule has 0 amide bonds. The van der Waals surface area contributed by atoms with Gasteiger partial charge in [-0.05, 0) is 22.9 Å². The highest BCUT2D eigenvalue weighted by Gasteiger charge is 2.24. The molecule has 0 radical (unpaired) electrons. The van der Waals surface area contributed by atoms with Crippen LogP contribution in [-0.4, -0.2) is 19.0 Å². The molecule has 1 aliphatic rings. The van der Waals surface area contributed by atoms with Crippen LogP contribution in [0.1, 0.15) is 17.3 Å². The van der Waals surface area contributed by atoms with E-state index in [0.29, 0.717) is 19.0 Å². The van der Waals surface area contributed by atoms with E-state index in [0.717, 1.165) is 0 Å². The number of carbonyl (C=O) groups is 1. The van der Waals surface area contributed by atoms with E-state index in [4.69, 9.17) is 9.47 Å². The van der Waals surface area contributed by atoms with Gasteiger partial charge in [0.2, 0.25) is 0 Å². The number of carbonyl (C=O) groups excluding carboxylic acids is 1. The van der Waals surface area contributed by atoms with Crippen LogP contribution in [0.5, 0.6) is 11.5 Å². The summed E-state index contributed by atoms with van der Waals surface area (Å²) < 4.78 is 24.4. The van der Waals surface area contributed by atoms with E-state index in [1.165, 1.54) is 13.0 Å². The van der Waals surface area contributed by atoms with Crippen molar-refractivity contribution in [1.82, 2.24) is 0 Å². The Morgan fingerprint density at radius 3 is 2.80 bits per heavy atom. The van der Waals surface area contributed by atoms with E-state index in [2.05, 4.69) is 15.9 Å². The van der Waals surface area contributed by atoms with E-state index < -0.39 is 5.82 Å². The number of ether oxygens (including phenoxy) is 2. The zero-order chi connectivity index (χ0) is 11.0. The SMILES string of the molecule is CC(=O)c1c(F)c(Br)cc2c1OCCO2. The molecular formula is C10H8BrFO3. The number of ketones is 1. The van der Waals surface area contributed by atoms with Crippen molar-refractivity contribution in [2.45, 2.75) is 6.92 Å². The van der Waals surface area contributed by atoms with Gasteiger partial charge in [0, 0.05) is 6.07 Å². The van der Waals surface area contributed by atoms with Crippen LogP contribution in [0.2, 0.25) is 0 Å². The van der Waals surface area contributed by atoms with Crippen LogP contribution in [0.25, 0.3) is 0 Å². The van der Waals surface area contributed by atoms with Crippen LogP contribution in [0.3, 0.4) is 0 Å². The molecule has 1 aromatic carbocycles. The van der Waals surface area contributed by atoms with Crippen LogP contribution >= 0.6 is 15.9 Å². The number of Topliss-reactive ketones (excluding diaryl/α,β-unsaturated/α-hetero) is 1. The van der Waals surface area contributed by atoms with Crippen LogP contribution in [0, 0.1) is 5.82 Å². The molecule has 0 aliphatic carbocycles. The fourth-order valence-electron chi connectivity index (χ4n) is 1.45. The summed E-state index contributed by atoms with van der Waals surface area (Å²) in [5.74, 6) is -0.378. The first-order valence-corrected chi connectivity index (χ1v) is 5.19. The molecule has 80 valence electrons. The Morgan fingerprint density at radius 1 is 1.47 bits per heavy atom. The van der Waals surface area contributed by atoms with Gasteiger partial charge in [-0.15, -0.1) is 0 Å². The third kappa shape index (κ3) is 1.71. The number of benzene rings is 1. The van der Waals surface area contributed by atoms with Gasteiger partial charge in [-0.2, -0.15) is 0 Å². The molecule has 15 heavy (non-hydrogen) atoms. The molecule has 0 saturated heterocycles. The lowest BCUT2D eigenvalue weighted by Crippen LogP contribution is -2.18. The molecule has 0 N–H and O–H groups in total. The molecule has 0 aromatic heterocycles. The Hall–Kier alpha value is -1.10. The summed E-state index contributed by atoms with van der Waals surface area (Å²) in [5, 5.41) is 0. The maximum atomic E-state index is 13.6. The van der Waals surface area contributed by atoms with Crippen LogP contribution in [-0.2, 0) is 0 Å². The molecule has 0 bridgehead atoms. The summed E-state index contributed by atoms with van der Waals surface area (Å²) in [7, 11) is 0. The van der Waals surface area contributed by atoms with E-state index in [1.54, 1.807) is 0 Å². The van der Waals surface area contributed by atoms with Crippen molar-refractivity contribution in [1.29, 1.82) is 0 Å². The maximum Gasteiger partial charge on any atom is 0.175 e. The van der Waals surface area contributed by atoms with E-state index >= 15 is 0 Å². The number of hydrogen-bond donors (Lipinski definition) is 0. The Kier molecular flexibility index (Phi) is 2.65. The quantitative estimate of drug-likeness (QED) is 0.739. The smallest absolute Gasteiger partial charge is 0.175 e. The van der Waals surface area contributed by atoms with Crippen molar-refractivity contribution in [3.8, 4) is 11.5 Å². The maximum absolute atomic E-state index is 13.6. The zero-order valence-corrected chi connectivity index (χ0v) is 9.56. The second-order valence-corrected chi connectivity index (χ2v) is 3.98. The molecule has 0 unspecified atom stereocenters. The van der Waals surface area contributed by atoms with Gasteiger partial charge in [0.05, 0.1) is 4.47 Å². The van der Waals surface area contributed by atoms with Crippen LogP contribution in [0.4, 0.5) is 4.39 Å². The topological polar surface area (TPSA) is 35.5 Å². The van der Waals surface area contributed by atoms with Crippen molar-refractivity contribution in [2.75, 3.05) is 13.2 Å². The molecule has 1 heterocycles. The molecule has 0 fully saturated rings. The lowest BCUT2D eigenvalue weighted by Gasteiger charge is -2.21. The second-order valence-electron chi connectivity index (χ2n) is 3.13. The predicted octanol–water partition coefficient (Wildman–Crippen LogP) is 2.56. The average Bonchev–Trinajstić information content (AvgIpc) is 2.19. The fraction of sp³-hybridized carbons (Fsp3) is 0.300. The number of rotatable bonds is 1. The molecule has 2 rings (SSSR count). The Labute approximate surface area is 94.3 Å². The lowest BCUT2D eigenvalue weighted by molar-refractivity contribution is 0.0996. The minimum atomic E-state index is -0.605. The Balaban J connectivity index is 2.68. The van der Waals surface area contributed by atoms with Gasteiger partial charge >= 0.3 is 0 Å². The van der Waals surface area contributed by atoms with Crippen molar-refractivity contribution in [2.24, 2.45) is 0 Å². The van der Waals surface area contributed by atoms with Crippen molar-refractivity contribution in [3.63, 3.8) is 0 Å². The van der Waals surface area contributed by atoms with Gasteiger partial charge in [-0.25, -0.2) is 4.39 Å². The van der Waals surface area contributed by atoms with Gasteiger partial charge in [0.15, 0.2) is 23.1 Å². The summed E-state index contributed by atoms with van der Waals surface area (Å²) in [6, 6.07) is 1.47. The molecule has 0 spiro atoms. The summed E-state index contributed by atoms with van der Waals surface area (Å²) >= 11 is 3.03. The first-order valence-electron chi connectivity index (χ1n) is 4.40. The van der Waals surface area contributed by atoms with Gasteiger partial charge in [0.1, 0.15) is 18.8 Å². The second kappa shape index (κ2) is 3.81. The molecule has 0 atom stereocenters. The number of halogens is 2. The first kappa shape index (κ1) is 10.4. The molecular weight excluding hydrogens is 267 g/mol. The monoisotopic (exact) mass is 274 g/mol. The number of fused-ring (bicyclic) bond motifs is 1. The molecule has 1 aromatic rings. The minimum absolute atomic E-state index is 0.0564. The molecule has 1 aliphatic heterocycles. The van der Waals surface area contributed by atoms with E-state index in [9.17, 15) is 9.18 Å². The average molecular weight is 275 g/mol. The highest BCUT2D eigenvalue weighted by atomic mass is 79.9. The highest BCUT2D eigenvalue weighted by Crippen LogP contribution is 2.39. The van der Waals surface area contributed by atoms with Crippen LogP contribution < -0.4 is 9.47 Å². The van der Waals surface area contributed by atoms with Crippen molar-refractivity contribution >= 4 is 21.7 Å². The number of hydrogen-bond acceptors (Lipinski definition) is 3. The largest absolute Gasteiger partial charge is 0.486 e. The summed E-state index contributed by atoms with van der Waals surface area (Å²) in [6.45, 7) is 2.03. The standard InChI is InChI=1S/C10H8BrFO3/c1-5(13)8-9(12)6(11)4-7-10(8)15-3-2-14-7/h4H,2-3H2,1H3. The Bertz CT molecular complexity index is 431. The summed E-state index contributed by atoms with van der Waals surface area (Å²) in [5.41, 5.74) is -0.0564. The van der Waals surface area contributed by atoms with Gasteiger partial charge in [0.25, 0.3) is 0 Å². The molecule has 0 saturated carbocycles. The van der Waals surface area contributed by atoms with E-state index in [1.807, 2.05) is 0 Å². The van der Waals surface area contributed by atoms with Gasteiger partial charge in [-0.3, -0.25) is 4.79 Å². The Morgan fingerprint density at radius 2 is 2.13 bits per heavy atom. The third-order valence-corrected chi connectivity index (χ3v) is 2.65. The normalized spacial score (nSPS) is 13.8. The first-order chi connectivity index (χ1) is 7.11. The lowest BCUT2D eigenvalue weighted by atomic mass is 10.1. The summed E-state index contributed by atoms with van der Waals surface area (Å²) in [6.07, 6.45) is 0. The van der Waals surface area contributed by atoms with Crippen molar-refractivity contribution in [3.05, 3.63) is 21.9 Å². The minimum Gasteiger partial charge on any atom is -0.486 e. The fourth-order valence-corrected chi connectivity index (χ4v) is 1.85. The third-order valence-electron chi connectivity index (χ3n) is 2.08. The molecule has 5 heteroatoms. The highest BCUT2D eigenvalue weighted by molar-refractivity contribution is 9.10. The predicted molar refractivity (Wildman–Crippen MR) is 55.1 cm³/mol. The van der Waals surface area contributed by atoms with Gasteiger partial charge in [-0.1, -0.05) is 0 Å². The van der Waals surface area contributed by atoms with Gasteiger partial charge < -0.3 is 9.47 Å². The van der Waals surface area contributed by atoms with Crippen LogP contribution in [0.15, 0.2) is 10.5 Å². The summed E-state index contributed by atoms with van der Waals surface area (Å²) in [4.78, 5) is 11.3. The molecule has 3 nitrogen and oxygen atoms in total. The van der Waals surface area contributed by atoms with E-state index in [-0.39, 0.29) is 21.6 Å². The van der Waals surface area contributed by atoms with Crippen molar-refractivity contribution < 1.29 is 18.7 Å². The zero-order valence-electron chi connectivity index (χ0n) is 7.97.